The van der Waals surface area contributed by atoms with Gasteiger partial charge in [0.25, 0.3) is 0 Å². The van der Waals surface area contributed by atoms with Gasteiger partial charge in [-0.2, -0.15) is 10.1 Å². The van der Waals surface area contributed by atoms with Crippen LogP contribution in [-0.2, 0) is 0 Å². The third-order valence-electron chi connectivity index (χ3n) is 2.85. The van der Waals surface area contributed by atoms with Gasteiger partial charge < -0.3 is 15.5 Å². The Hall–Kier alpha value is -1.63. The van der Waals surface area contributed by atoms with E-state index < -0.39 is 0 Å². The van der Waals surface area contributed by atoms with Crippen LogP contribution in [0.1, 0.15) is 6.42 Å². The maximum absolute atomic E-state index is 6.12. The standard InChI is InChI=1S/C14H18Cl2N6/c1-22(2)8-4-7-17-12-9-18-21-14(20-12)19-11-6-3-5-10(15)13(11)16/h3,5-6,9H,4,7-8H2,1-2H3,(H2,17,19,20,21). The number of hydrogen-bond acceptors (Lipinski definition) is 6. The molecule has 6 nitrogen and oxygen atoms in total. The summed E-state index contributed by atoms with van der Waals surface area (Å²) in [6.07, 6.45) is 2.60. The van der Waals surface area contributed by atoms with Gasteiger partial charge in [0.1, 0.15) is 0 Å². The van der Waals surface area contributed by atoms with Crippen LogP contribution in [0, 0.1) is 0 Å². The lowest BCUT2D eigenvalue weighted by molar-refractivity contribution is 0.405. The molecule has 0 spiro atoms. The smallest absolute Gasteiger partial charge is 0.249 e. The minimum atomic E-state index is 0.363. The monoisotopic (exact) mass is 340 g/mol. The average molecular weight is 341 g/mol. The Morgan fingerprint density at radius 1 is 1.23 bits per heavy atom. The van der Waals surface area contributed by atoms with Crippen molar-refractivity contribution in [3.05, 3.63) is 34.4 Å². The van der Waals surface area contributed by atoms with Gasteiger partial charge in [-0.1, -0.05) is 29.3 Å². The van der Waals surface area contributed by atoms with Crippen LogP contribution in [-0.4, -0.2) is 47.3 Å². The molecule has 0 saturated heterocycles. The molecule has 8 heteroatoms. The van der Waals surface area contributed by atoms with E-state index in [4.69, 9.17) is 23.2 Å². The highest BCUT2D eigenvalue weighted by Crippen LogP contribution is 2.30. The largest absolute Gasteiger partial charge is 0.369 e. The van der Waals surface area contributed by atoms with Crippen LogP contribution in [0.5, 0.6) is 0 Å². The van der Waals surface area contributed by atoms with E-state index in [2.05, 4.69) is 30.7 Å². The first-order valence-electron chi connectivity index (χ1n) is 6.85. The molecular weight excluding hydrogens is 323 g/mol. The second kappa shape index (κ2) is 8.12. The number of aromatic nitrogens is 3. The lowest BCUT2D eigenvalue weighted by Gasteiger charge is -2.11. The number of nitrogens with one attached hydrogen (secondary N) is 2. The zero-order chi connectivity index (χ0) is 15.9. The number of rotatable bonds is 7. The molecule has 2 rings (SSSR count). The molecule has 0 aliphatic heterocycles. The summed E-state index contributed by atoms with van der Waals surface area (Å²) in [5.41, 5.74) is 0.640. The van der Waals surface area contributed by atoms with Crippen molar-refractivity contribution in [3.8, 4) is 0 Å². The molecule has 0 radical (unpaired) electrons. The van der Waals surface area contributed by atoms with Crippen molar-refractivity contribution in [2.45, 2.75) is 6.42 Å². The summed E-state index contributed by atoms with van der Waals surface area (Å²) in [5.74, 6) is 1.02. The molecule has 0 unspecified atom stereocenters. The first kappa shape index (κ1) is 16.7. The van der Waals surface area contributed by atoms with Gasteiger partial charge in [-0.25, -0.2) is 0 Å². The molecule has 1 aromatic carbocycles. The normalized spacial score (nSPS) is 10.8. The molecule has 0 amide bonds. The van der Waals surface area contributed by atoms with Crippen LogP contribution in [0.2, 0.25) is 10.0 Å². The van der Waals surface area contributed by atoms with Crippen LogP contribution >= 0.6 is 23.2 Å². The van der Waals surface area contributed by atoms with Crippen LogP contribution in [0.15, 0.2) is 24.4 Å². The first-order chi connectivity index (χ1) is 10.6. The highest BCUT2D eigenvalue weighted by molar-refractivity contribution is 6.43. The summed E-state index contributed by atoms with van der Waals surface area (Å²) >= 11 is 12.1. The molecule has 0 bridgehead atoms. The molecule has 0 atom stereocenters. The molecule has 0 aliphatic carbocycles. The molecule has 1 heterocycles. The minimum Gasteiger partial charge on any atom is -0.369 e. The van der Waals surface area contributed by atoms with Gasteiger partial charge in [-0.05, 0) is 39.2 Å². The van der Waals surface area contributed by atoms with E-state index >= 15 is 0 Å². The van der Waals surface area contributed by atoms with Crippen molar-refractivity contribution in [3.63, 3.8) is 0 Å². The quantitative estimate of drug-likeness (QED) is 0.754. The minimum absolute atomic E-state index is 0.363. The molecule has 0 aliphatic rings. The van der Waals surface area contributed by atoms with Gasteiger partial charge in [0.15, 0.2) is 5.82 Å². The van der Waals surface area contributed by atoms with Crippen LogP contribution < -0.4 is 10.6 Å². The van der Waals surface area contributed by atoms with Crippen LogP contribution in [0.3, 0.4) is 0 Å². The molecule has 2 aromatic rings. The van der Waals surface area contributed by atoms with Gasteiger partial charge in [-0.15, -0.1) is 5.10 Å². The molecule has 1 aromatic heterocycles. The topological polar surface area (TPSA) is 66.0 Å². The maximum atomic E-state index is 6.12. The van der Waals surface area contributed by atoms with Crippen molar-refractivity contribution in [2.75, 3.05) is 37.8 Å². The van der Waals surface area contributed by atoms with Crippen molar-refractivity contribution < 1.29 is 0 Å². The summed E-state index contributed by atoms with van der Waals surface area (Å²) in [6, 6.07) is 5.32. The number of benzene rings is 1. The fraction of sp³-hybridized carbons (Fsp3) is 0.357. The Balaban J connectivity index is 1.98. The van der Waals surface area contributed by atoms with E-state index in [1.807, 2.05) is 14.1 Å². The number of nitrogens with zero attached hydrogens (tertiary/aromatic N) is 4. The lowest BCUT2D eigenvalue weighted by Crippen LogP contribution is -2.17. The van der Waals surface area contributed by atoms with Crippen molar-refractivity contribution in [1.82, 2.24) is 20.1 Å². The molecule has 0 saturated carbocycles. The van der Waals surface area contributed by atoms with E-state index in [-0.39, 0.29) is 0 Å². The molecule has 0 fully saturated rings. The second-order valence-corrected chi connectivity index (χ2v) is 5.76. The Morgan fingerprint density at radius 3 is 2.82 bits per heavy atom. The third kappa shape index (κ3) is 4.98. The van der Waals surface area contributed by atoms with Gasteiger partial charge in [0.05, 0.1) is 21.9 Å². The molecule has 118 valence electrons. The van der Waals surface area contributed by atoms with Crippen molar-refractivity contribution in [1.29, 1.82) is 0 Å². The SMILES string of the molecule is CN(C)CCCNc1cnnc(Nc2cccc(Cl)c2Cl)n1. The van der Waals surface area contributed by atoms with E-state index in [1.165, 1.54) is 0 Å². The number of hydrogen-bond donors (Lipinski definition) is 2. The van der Waals surface area contributed by atoms with Gasteiger partial charge >= 0.3 is 0 Å². The van der Waals surface area contributed by atoms with E-state index in [9.17, 15) is 0 Å². The van der Waals surface area contributed by atoms with Crippen molar-refractivity contribution >= 4 is 40.7 Å². The summed E-state index contributed by atoms with van der Waals surface area (Å²) in [6.45, 7) is 1.82. The fourth-order valence-electron chi connectivity index (χ4n) is 1.77. The Bertz CT molecular complexity index is 620. The highest BCUT2D eigenvalue weighted by Gasteiger charge is 2.07. The van der Waals surface area contributed by atoms with Gasteiger partial charge in [0.2, 0.25) is 5.95 Å². The first-order valence-corrected chi connectivity index (χ1v) is 7.61. The Labute approximate surface area is 139 Å². The number of halogens is 2. The lowest BCUT2D eigenvalue weighted by atomic mass is 10.3. The van der Waals surface area contributed by atoms with E-state index in [0.29, 0.717) is 27.5 Å². The summed E-state index contributed by atoms with van der Waals surface area (Å²) in [4.78, 5) is 6.48. The zero-order valence-electron chi connectivity index (χ0n) is 12.5. The summed E-state index contributed by atoms with van der Waals surface area (Å²) in [5, 5.41) is 15.0. The van der Waals surface area contributed by atoms with Crippen LogP contribution in [0.4, 0.5) is 17.5 Å². The number of anilines is 3. The van der Waals surface area contributed by atoms with Crippen molar-refractivity contribution in [2.24, 2.45) is 0 Å². The second-order valence-electron chi connectivity index (χ2n) is 4.98. The fourth-order valence-corrected chi connectivity index (χ4v) is 2.12. The van der Waals surface area contributed by atoms with Gasteiger partial charge in [0, 0.05) is 6.54 Å². The Kier molecular flexibility index (Phi) is 6.18. The predicted octanol–water partition coefficient (Wildman–Crippen LogP) is 3.29. The highest BCUT2D eigenvalue weighted by atomic mass is 35.5. The molecule has 22 heavy (non-hydrogen) atoms. The summed E-state index contributed by atoms with van der Waals surface area (Å²) < 4.78 is 0. The zero-order valence-corrected chi connectivity index (χ0v) is 14.0. The van der Waals surface area contributed by atoms with E-state index in [1.54, 1.807) is 24.4 Å². The molecule has 2 N–H and O–H groups in total. The summed E-state index contributed by atoms with van der Waals surface area (Å²) in [7, 11) is 4.09. The van der Waals surface area contributed by atoms with Crippen LogP contribution in [0.25, 0.3) is 0 Å². The Morgan fingerprint density at radius 2 is 2.05 bits per heavy atom. The maximum Gasteiger partial charge on any atom is 0.249 e. The predicted molar refractivity (Wildman–Crippen MR) is 91.2 cm³/mol. The molecular formula is C14H18Cl2N6. The van der Waals surface area contributed by atoms with E-state index in [0.717, 1.165) is 19.5 Å². The third-order valence-corrected chi connectivity index (χ3v) is 3.66. The van der Waals surface area contributed by atoms with Gasteiger partial charge in [-0.3, -0.25) is 0 Å². The average Bonchev–Trinajstić information content (AvgIpc) is 2.49.